The summed E-state index contributed by atoms with van der Waals surface area (Å²) in [5, 5.41) is 5.89. The Labute approximate surface area is 158 Å². The van der Waals surface area contributed by atoms with Gasteiger partial charge in [0.25, 0.3) is 5.91 Å². The molecule has 0 spiro atoms. The molecule has 3 amide bonds. The molecule has 1 aromatic carbocycles. The van der Waals surface area contributed by atoms with Gasteiger partial charge in [0, 0.05) is 30.9 Å². The lowest BCUT2D eigenvalue weighted by Crippen LogP contribution is -2.47. The minimum absolute atomic E-state index is 0.0457. The molecule has 0 radical (unpaired) electrons. The zero-order chi connectivity index (χ0) is 19.2. The summed E-state index contributed by atoms with van der Waals surface area (Å²) in [5.74, 6) is 1.11. The maximum Gasteiger partial charge on any atom is 0.323 e. The summed E-state index contributed by atoms with van der Waals surface area (Å²) in [5.41, 5.74) is 1.49. The van der Waals surface area contributed by atoms with Gasteiger partial charge in [0.05, 0.1) is 7.11 Å². The van der Waals surface area contributed by atoms with Crippen LogP contribution in [0.5, 0.6) is 5.75 Å². The highest BCUT2D eigenvalue weighted by molar-refractivity contribution is 5.94. The Hall–Kier alpha value is -3.09. The van der Waals surface area contributed by atoms with E-state index in [0.29, 0.717) is 43.1 Å². The number of nitrogens with one attached hydrogen (secondary N) is 2. The molecule has 7 heteroatoms. The van der Waals surface area contributed by atoms with Crippen molar-refractivity contribution in [3.05, 3.63) is 53.7 Å². The van der Waals surface area contributed by atoms with Crippen molar-refractivity contribution in [2.75, 3.05) is 25.5 Å². The summed E-state index contributed by atoms with van der Waals surface area (Å²) in [6.45, 7) is 3.07. The van der Waals surface area contributed by atoms with Crippen LogP contribution in [0.4, 0.5) is 10.6 Å². The number of benzene rings is 1. The second kappa shape index (κ2) is 8.53. The number of carbonyl (C=O) groups is 2. The van der Waals surface area contributed by atoms with E-state index in [1.165, 1.54) is 0 Å². The molecule has 7 nitrogen and oxygen atoms in total. The Bertz CT molecular complexity index is 816. The molecule has 142 valence electrons. The molecule has 0 bridgehead atoms. The number of methoxy groups -OCH3 is 1. The van der Waals surface area contributed by atoms with E-state index in [-0.39, 0.29) is 18.0 Å². The van der Waals surface area contributed by atoms with E-state index < -0.39 is 0 Å². The molecule has 1 aliphatic heterocycles. The van der Waals surface area contributed by atoms with Crippen LogP contribution in [0.2, 0.25) is 0 Å². The summed E-state index contributed by atoms with van der Waals surface area (Å²) in [7, 11) is 1.57. The van der Waals surface area contributed by atoms with Gasteiger partial charge in [-0.05, 0) is 49.6 Å². The van der Waals surface area contributed by atoms with E-state index in [9.17, 15) is 9.59 Å². The number of ether oxygens (including phenoxy) is 1. The van der Waals surface area contributed by atoms with Gasteiger partial charge in [-0.2, -0.15) is 0 Å². The predicted molar refractivity (Wildman–Crippen MR) is 103 cm³/mol. The molecule has 2 N–H and O–H groups in total. The molecular formula is C20H24N4O3. The van der Waals surface area contributed by atoms with E-state index in [2.05, 4.69) is 15.6 Å². The first-order valence-corrected chi connectivity index (χ1v) is 8.99. The monoisotopic (exact) mass is 368 g/mol. The number of amides is 3. The second-order valence-electron chi connectivity index (χ2n) is 6.57. The third-order valence-corrected chi connectivity index (χ3v) is 4.68. The first-order valence-electron chi connectivity index (χ1n) is 8.99. The predicted octanol–water partition coefficient (Wildman–Crippen LogP) is 2.82. The van der Waals surface area contributed by atoms with E-state index in [0.717, 1.165) is 5.56 Å². The Morgan fingerprint density at radius 3 is 2.67 bits per heavy atom. The van der Waals surface area contributed by atoms with Gasteiger partial charge >= 0.3 is 6.03 Å². The van der Waals surface area contributed by atoms with Gasteiger partial charge in [0.1, 0.15) is 11.6 Å². The second-order valence-corrected chi connectivity index (χ2v) is 6.57. The lowest BCUT2D eigenvalue weighted by molar-refractivity contribution is 0.0919. The van der Waals surface area contributed by atoms with Crippen molar-refractivity contribution in [3.63, 3.8) is 0 Å². The topological polar surface area (TPSA) is 83.6 Å². The van der Waals surface area contributed by atoms with Gasteiger partial charge in [-0.15, -0.1) is 0 Å². The molecule has 0 saturated carbocycles. The van der Waals surface area contributed by atoms with Crippen LogP contribution in [-0.4, -0.2) is 48.1 Å². The van der Waals surface area contributed by atoms with Crippen molar-refractivity contribution in [1.29, 1.82) is 0 Å². The van der Waals surface area contributed by atoms with Crippen LogP contribution < -0.4 is 15.4 Å². The fraction of sp³-hybridized carbons (Fsp3) is 0.350. The zero-order valence-electron chi connectivity index (χ0n) is 15.6. The molecule has 2 aromatic rings. The number of pyridine rings is 1. The van der Waals surface area contributed by atoms with Crippen molar-refractivity contribution in [1.82, 2.24) is 15.2 Å². The number of piperidine rings is 1. The molecule has 0 unspecified atom stereocenters. The summed E-state index contributed by atoms with van der Waals surface area (Å²) in [6, 6.07) is 10.7. The van der Waals surface area contributed by atoms with Crippen LogP contribution in [0.1, 0.15) is 28.8 Å². The fourth-order valence-corrected chi connectivity index (χ4v) is 3.06. The minimum Gasteiger partial charge on any atom is -0.497 e. The van der Waals surface area contributed by atoms with Gasteiger partial charge in [0.15, 0.2) is 0 Å². The Morgan fingerprint density at radius 1 is 1.19 bits per heavy atom. The van der Waals surface area contributed by atoms with Crippen LogP contribution in [0.15, 0.2) is 42.6 Å². The van der Waals surface area contributed by atoms with Crippen molar-refractivity contribution in [2.45, 2.75) is 25.8 Å². The molecule has 2 heterocycles. The maximum absolute atomic E-state index is 12.4. The lowest BCUT2D eigenvalue weighted by atomic mass is 10.0. The highest BCUT2D eigenvalue weighted by atomic mass is 16.5. The standard InChI is InChI=1S/C20H24N4O3/c1-14-5-4-10-21-18(14)23-20(26)24-11-8-16(9-12-24)22-19(25)15-6-3-7-17(13-15)27-2/h3-7,10,13,16H,8-9,11-12H2,1-2H3,(H,22,25)(H,21,23,26). The molecule has 0 atom stereocenters. The summed E-state index contributed by atoms with van der Waals surface area (Å²) in [4.78, 5) is 30.8. The van der Waals surface area contributed by atoms with Crippen LogP contribution in [0.25, 0.3) is 0 Å². The number of carbonyl (C=O) groups excluding carboxylic acids is 2. The molecule has 27 heavy (non-hydrogen) atoms. The van der Waals surface area contributed by atoms with E-state index >= 15 is 0 Å². The molecule has 0 aliphatic carbocycles. The van der Waals surface area contributed by atoms with Gasteiger partial charge < -0.3 is 15.0 Å². The summed E-state index contributed by atoms with van der Waals surface area (Å²) < 4.78 is 5.16. The summed E-state index contributed by atoms with van der Waals surface area (Å²) in [6.07, 6.45) is 3.08. The van der Waals surface area contributed by atoms with Gasteiger partial charge in [-0.3, -0.25) is 10.1 Å². The Kier molecular flexibility index (Phi) is 5.90. The van der Waals surface area contributed by atoms with Gasteiger partial charge in [0.2, 0.25) is 0 Å². The number of likely N-dealkylation sites (tertiary alicyclic amines) is 1. The van der Waals surface area contributed by atoms with Gasteiger partial charge in [-0.25, -0.2) is 9.78 Å². The number of rotatable bonds is 4. The van der Waals surface area contributed by atoms with E-state index in [4.69, 9.17) is 4.74 Å². The van der Waals surface area contributed by atoms with Crippen LogP contribution in [0, 0.1) is 6.92 Å². The SMILES string of the molecule is COc1cccc(C(=O)NC2CCN(C(=O)Nc3ncccc3C)CC2)c1. The minimum atomic E-state index is -0.158. The third kappa shape index (κ3) is 4.75. The normalized spacial score (nSPS) is 14.5. The zero-order valence-corrected chi connectivity index (χ0v) is 15.6. The molecule has 1 saturated heterocycles. The van der Waals surface area contributed by atoms with Crippen molar-refractivity contribution >= 4 is 17.8 Å². The van der Waals surface area contributed by atoms with Crippen LogP contribution in [-0.2, 0) is 0 Å². The highest BCUT2D eigenvalue weighted by Crippen LogP contribution is 2.16. The number of urea groups is 1. The van der Waals surface area contributed by atoms with Crippen molar-refractivity contribution < 1.29 is 14.3 Å². The number of anilines is 1. The average Bonchev–Trinajstić information content (AvgIpc) is 2.70. The van der Waals surface area contributed by atoms with Crippen molar-refractivity contribution in [3.8, 4) is 5.75 Å². The third-order valence-electron chi connectivity index (χ3n) is 4.68. The quantitative estimate of drug-likeness (QED) is 0.869. The Balaban J connectivity index is 1.50. The smallest absolute Gasteiger partial charge is 0.323 e. The molecular weight excluding hydrogens is 344 g/mol. The number of hydrogen-bond donors (Lipinski definition) is 2. The lowest BCUT2D eigenvalue weighted by Gasteiger charge is -2.32. The first-order chi connectivity index (χ1) is 13.1. The number of aryl methyl sites for hydroxylation is 1. The van der Waals surface area contributed by atoms with Gasteiger partial charge in [-0.1, -0.05) is 12.1 Å². The number of hydrogen-bond acceptors (Lipinski definition) is 4. The van der Waals surface area contributed by atoms with E-state index in [1.54, 1.807) is 42.5 Å². The average molecular weight is 368 g/mol. The largest absolute Gasteiger partial charge is 0.497 e. The molecule has 1 aromatic heterocycles. The molecule has 1 aliphatic rings. The number of aromatic nitrogens is 1. The highest BCUT2D eigenvalue weighted by Gasteiger charge is 2.24. The Morgan fingerprint density at radius 2 is 1.96 bits per heavy atom. The molecule has 3 rings (SSSR count). The van der Waals surface area contributed by atoms with E-state index in [1.807, 2.05) is 19.1 Å². The number of nitrogens with zero attached hydrogens (tertiary/aromatic N) is 2. The molecule has 1 fully saturated rings. The maximum atomic E-state index is 12.4. The van der Waals surface area contributed by atoms with Crippen LogP contribution in [0.3, 0.4) is 0 Å². The van der Waals surface area contributed by atoms with Crippen LogP contribution >= 0.6 is 0 Å². The fourth-order valence-electron chi connectivity index (χ4n) is 3.06. The first kappa shape index (κ1) is 18.7. The summed E-state index contributed by atoms with van der Waals surface area (Å²) >= 11 is 0. The van der Waals surface area contributed by atoms with Crippen molar-refractivity contribution in [2.24, 2.45) is 0 Å².